The van der Waals surface area contributed by atoms with E-state index < -0.39 is 16.7 Å². The summed E-state index contributed by atoms with van der Waals surface area (Å²) < 4.78 is 12.2. The smallest absolute Gasteiger partial charge is 0.239 e. The highest BCUT2D eigenvalue weighted by Gasteiger charge is 2.56. The molecular formula is C16H15NO3S. The Kier molecular flexibility index (Phi) is 2.85. The Labute approximate surface area is 125 Å². The molecule has 5 heteroatoms. The molecule has 0 saturated carbocycles. The second kappa shape index (κ2) is 4.63. The third-order valence-electron chi connectivity index (χ3n) is 4.69. The molecular weight excluding hydrogens is 286 g/mol. The van der Waals surface area contributed by atoms with E-state index in [2.05, 4.69) is 0 Å². The van der Waals surface area contributed by atoms with E-state index in [9.17, 15) is 13.8 Å². The highest BCUT2D eigenvalue weighted by molar-refractivity contribution is 7.86. The predicted octanol–water partition coefficient (Wildman–Crippen LogP) is 1.64. The zero-order chi connectivity index (χ0) is 14.6. The number of hydrogen-bond acceptors (Lipinski definition) is 3. The largest absolute Gasteiger partial charge is 0.274 e. The maximum Gasteiger partial charge on any atom is 0.239 e. The van der Waals surface area contributed by atoms with E-state index in [1.54, 1.807) is 12.1 Å². The molecule has 2 aliphatic heterocycles. The van der Waals surface area contributed by atoms with Crippen LogP contribution in [0.25, 0.3) is 0 Å². The number of fused-ring (bicyclic) bond motifs is 3. The van der Waals surface area contributed by atoms with Crippen molar-refractivity contribution in [3.63, 3.8) is 0 Å². The molecule has 4 unspecified atom stereocenters. The minimum Gasteiger partial charge on any atom is -0.274 e. The number of anilines is 1. The first-order chi connectivity index (χ1) is 10.2. The SMILES string of the molecule is O=C1C2CC=C3CCS(=O)C3C2C(=O)N1c1ccccc1. The van der Waals surface area contributed by atoms with Crippen molar-refractivity contribution >= 4 is 28.3 Å². The van der Waals surface area contributed by atoms with Crippen LogP contribution in [0.2, 0.25) is 0 Å². The van der Waals surface area contributed by atoms with Gasteiger partial charge < -0.3 is 0 Å². The average molecular weight is 301 g/mol. The summed E-state index contributed by atoms with van der Waals surface area (Å²) in [6.07, 6.45) is 3.44. The van der Waals surface area contributed by atoms with E-state index in [1.165, 1.54) is 4.90 Å². The molecule has 0 spiro atoms. The molecule has 2 heterocycles. The molecule has 3 aliphatic rings. The maximum atomic E-state index is 12.8. The Hall–Kier alpha value is -1.75. The van der Waals surface area contributed by atoms with Crippen molar-refractivity contribution in [2.75, 3.05) is 10.7 Å². The summed E-state index contributed by atoms with van der Waals surface area (Å²) in [6, 6.07) is 9.03. The second-order valence-corrected chi connectivity index (χ2v) is 7.43. The molecule has 2 fully saturated rings. The number of para-hydroxylation sites is 1. The Morgan fingerprint density at radius 3 is 2.62 bits per heavy atom. The standard InChI is InChI=1S/C16H15NO3S/c18-15-12-7-6-10-8-9-21(20)14(10)13(12)16(19)17(15)11-4-2-1-3-5-11/h1-6,12-14H,7-9H2. The lowest BCUT2D eigenvalue weighted by molar-refractivity contribution is -0.122. The van der Waals surface area contributed by atoms with Crippen molar-refractivity contribution in [1.29, 1.82) is 0 Å². The lowest BCUT2D eigenvalue weighted by atomic mass is 9.80. The van der Waals surface area contributed by atoms with Crippen LogP contribution < -0.4 is 4.90 Å². The van der Waals surface area contributed by atoms with Gasteiger partial charge in [0.25, 0.3) is 0 Å². The van der Waals surface area contributed by atoms with Crippen LogP contribution in [-0.4, -0.2) is 27.0 Å². The van der Waals surface area contributed by atoms with Gasteiger partial charge in [-0.05, 0) is 25.0 Å². The van der Waals surface area contributed by atoms with Crippen molar-refractivity contribution in [2.45, 2.75) is 18.1 Å². The number of carbonyl (C=O) groups excluding carboxylic acids is 2. The van der Waals surface area contributed by atoms with Gasteiger partial charge in [0.05, 0.1) is 22.8 Å². The number of carbonyl (C=O) groups is 2. The zero-order valence-electron chi connectivity index (χ0n) is 11.4. The van der Waals surface area contributed by atoms with Gasteiger partial charge in [-0.3, -0.25) is 13.8 Å². The maximum absolute atomic E-state index is 12.8. The van der Waals surface area contributed by atoms with Gasteiger partial charge in [-0.15, -0.1) is 0 Å². The molecule has 21 heavy (non-hydrogen) atoms. The normalized spacial score (nSPS) is 34.7. The van der Waals surface area contributed by atoms with Gasteiger partial charge in [0.15, 0.2) is 0 Å². The van der Waals surface area contributed by atoms with Gasteiger partial charge in [0.2, 0.25) is 11.8 Å². The highest BCUT2D eigenvalue weighted by atomic mass is 32.2. The van der Waals surface area contributed by atoms with E-state index in [-0.39, 0.29) is 23.0 Å². The van der Waals surface area contributed by atoms with Crippen LogP contribution in [0.1, 0.15) is 12.8 Å². The molecule has 2 amide bonds. The summed E-state index contributed by atoms with van der Waals surface area (Å²) in [5.74, 6) is -0.473. The first-order valence-electron chi connectivity index (χ1n) is 7.17. The third kappa shape index (κ3) is 1.77. The first-order valence-corrected chi connectivity index (χ1v) is 8.55. The van der Waals surface area contributed by atoms with Gasteiger partial charge >= 0.3 is 0 Å². The number of hydrogen-bond donors (Lipinski definition) is 0. The Balaban J connectivity index is 1.76. The molecule has 0 aromatic heterocycles. The highest BCUT2D eigenvalue weighted by Crippen LogP contribution is 2.45. The minimum absolute atomic E-state index is 0.143. The molecule has 1 aromatic rings. The summed E-state index contributed by atoms with van der Waals surface area (Å²) in [5, 5.41) is -0.242. The molecule has 0 N–H and O–H groups in total. The molecule has 4 nitrogen and oxygen atoms in total. The molecule has 4 rings (SSSR count). The predicted molar refractivity (Wildman–Crippen MR) is 80.0 cm³/mol. The van der Waals surface area contributed by atoms with Crippen molar-refractivity contribution in [1.82, 2.24) is 0 Å². The van der Waals surface area contributed by atoms with Crippen molar-refractivity contribution in [2.24, 2.45) is 11.8 Å². The minimum atomic E-state index is -1.02. The van der Waals surface area contributed by atoms with E-state index in [4.69, 9.17) is 0 Å². The van der Waals surface area contributed by atoms with Crippen LogP contribution in [0, 0.1) is 11.8 Å². The van der Waals surface area contributed by atoms with Crippen LogP contribution >= 0.6 is 0 Å². The molecule has 2 saturated heterocycles. The number of allylic oxidation sites excluding steroid dienone is 1. The van der Waals surface area contributed by atoms with E-state index in [1.807, 2.05) is 24.3 Å². The van der Waals surface area contributed by atoms with Gasteiger partial charge in [-0.25, -0.2) is 4.90 Å². The van der Waals surface area contributed by atoms with E-state index in [0.717, 1.165) is 12.0 Å². The van der Waals surface area contributed by atoms with Crippen LogP contribution in [0.15, 0.2) is 42.0 Å². The number of benzene rings is 1. The monoisotopic (exact) mass is 301 g/mol. The lowest BCUT2D eigenvalue weighted by Crippen LogP contribution is -2.36. The number of nitrogens with zero attached hydrogens (tertiary/aromatic N) is 1. The number of amides is 2. The quantitative estimate of drug-likeness (QED) is 0.585. The first kappa shape index (κ1) is 13.0. The van der Waals surface area contributed by atoms with Crippen LogP contribution in [-0.2, 0) is 20.4 Å². The average Bonchev–Trinajstić information content (AvgIpc) is 2.99. The Bertz CT molecular complexity index is 682. The van der Waals surface area contributed by atoms with Gasteiger partial charge in [0, 0.05) is 16.6 Å². The molecule has 108 valence electrons. The molecule has 0 bridgehead atoms. The molecule has 0 radical (unpaired) electrons. The molecule has 4 atom stereocenters. The second-order valence-electron chi connectivity index (χ2n) is 5.75. The van der Waals surface area contributed by atoms with Crippen molar-refractivity contribution in [3.8, 4) is 0 Å². The van der Waals surface area contributed by atoms with Crippen LogP contribution in [0.4, 0.5) is 5.69 Å². The fourth-order valence-electron chi connectivity index (χ4n) is 3.72. The summed E-state index contributed by atoms with van der Waals surface area (Å²) in [6.45, 7) is 0. The third-order valence-corrected chi connectivity index (χ3v) is 6.46. The number of imide groups is 1. The van der Waals surface area contributed by atoms with E-state index >= 15 is 0 Å². The Morgan fingerprint density at radius 2 is 1.86 bits per heavy atom. The number of rotatable bonds is 1. The van der Waals surface area contributed by atoms with Gasteiger partial charge in [-0.2, -0.15) is 0 Å². The van der Waals surface area contributed by atoms with Gasteiger partial charge in [-0.1, -0.05) is 29.8 Å². The summed E-state index contributed by atoms with van der Waals surface area (Å²) in [4.78, 5) is 26.7. The van der Waals surface area contributed by atoms with Crippen LogP contribution in [0.3, 0.4) is 0 Å². The zero-order valence-corrected chi connectivity index (χ0v) is 12.2. The van der Waals surface area contributed by atoms with Crippen LogP contribution in [0.5, 0.6) is 0 Å². The van der Waals surface area contributed by atoms with Crippen molar-refractivity contribution < 1.29 is 13.8 Å². The van der Waals surface area contributed by atoms with E-state index in [0.29, 0.717) is 17.9 Å². The fraction of sp³-hybridized carbons (Fsp3) is 0.375. The Morgan fingerprint density at radius 1 is 1.10 bits per heavy atom. The summed E-state index contributed by atoms with van der Waals surface area (Å²) in [5.41, 5.74) is 1.73. The van der Waals surface area contributed by atoms with Crippen molar-refractivity contribution in [3.05, 3.63) is 42.0 Å². The summed E-state index contributed by atoms with van der Waals surface area (Å²) >= 11 is 0. The topological polar surface area (TPSA) is 54.5 Å². The van der Waals surface area contributed by atoms with Gasteiger partial charge in [0.1, 0.15) is 0 Å². The summed E-state index contributed by atoms with van der Waals surface area (Å²) in [7, 11) is -1.02. The lowest BCUT2D eigenvalue weighted by Gasteiger charge is -2.25. The molecule has 1 aromatic carbocycles. The molecule has 1 aliphatic carbocycles. The fourth-order valence-corrected chi connectivity index (χ4v) is 5.59.